The Hall–Kier alpha value is -2.14. The van der Waals surface area contributed by atoms with E-state index >= 15 is 0 Å². The predicted octanol–water partition coefficient (Wildman–Crippen LogP) is 4.53. The number of anilines is 1. The molecule has 3 rings (SSSR count). The first-order valence-electron chi connectivity index (χ1n) is 8.25. The second kappa shape index (κ2) is 7.18. The molecular formula is C19H23N3OS. The molecule has 2 aromatic heterocycles. The first kappa shape index (κ1) is 16.7. The molecule has 0 atom stereocenters. The van der Waals surface area contributed by atoms with Crippen LogP contribution in [0.25, 0.3) is 10.2 Å². The van der Waals surface area contributed by atoms with Gasteiger partial charge in [0, 0.05) is 17.8 Å². The van der Waals surface area contributed by atoms with Crippen molar-refractivity contribution in [3.8, 4) is 5.75 Å². The third-order valence-electron chi connectivity index (χ3n) is 4.26. The molecule has 0 saturated carbocycles. The molecule has 4 nitrogen and oxygen atoms in total. The topological polar surface area (TPSA) is 47.0 Å². The molecule has 0 radical (unpaired) electrons. The fourth-order valence-corrected chi connectivity index (χ4v) is 3.75. The zero-order chi connectivity index (χ0) is 17.1. The van der Waals surface area contributed by atoms with Crippen molar-refractivity contribution in [3.63, 3.8) is 0 Å². The molecule has 1 N–H and O–H groups in total. The van der Waals surface area contributed by atoms with E-state index in [0.29, 0.717) is 0 Å². The number of benzene rings is 1. The Labute approximate surface area is 146 Å². The number of rotatable bonds is 6. The molecule has 3 aromatic rings. The van der Waals surface area contributed by atoms with E-state index in [1.165, 1.54) is 21.4 Å². The van der Waals surface area contributed by atoms with E-state index in [4.69, 9.17) is 9.72 Å². The summed E-state index contributed by atoms with van der Waals surface area (Å²) in [5.74, 6) is 2.75. The van der Waals surface area contributed by atoms with Crippen LogP contribution in [-0.4, -0.2) is 23.6 Å². The number of hydrogen-bond donors (Lipinski definition) is 1. The van der Waals surface area contributed by atoms with Crippen LogP contribution in [0, 0.1) is 13.8 Å². The molecule has 0 fully saturated rings. The number of hydrogen-bond acceptors (Lipinski definition) is 5. The SMILES string of the molecule is CCc1nc(NCCc2ccc(OC)cc2)c2c(C)c(C)sc2n1. The monoisotopic (exact) mass is 341 g/mol. The van der Waals surface area contributed by atoms with Gasteiger partial charge in [0.1, 0.15) is 22.2 Å². The van der Waals surface area contributed by atoms with Crippen molar-refractivity contribution in [2.45, 2.75) is 33.6 Å². The highest BCUT2D eigenvalue weighted by molar-refractivity contribution is 7.18. The van der Waals surface area contributed by atoms with Crippen molar-refractivity contribution in [1.82, 2.24) is 9.97 Å². The Morgan fingerprint density at radius 1 is 1.12 bits per heavy atom. The van der Waals surface area contributed by atoms with Gasteiger partial charge in [-0.25, -0.2) is 9.97 Å². The van der Waals surface area contributed by atoms with E-state index in [9.17, 15) is 0 Å². The van der Waals surface area contributed by atoms with Crippen molar-refractivity contribution in [3.05, 3.63) is 46.1 Å². The molecule has 0 aliphatic rings. The van der Waals surface area contributed by atoms with E-state index in [0.717, 1.165) is 41.6 Å². The lowest BCUT2D eigenvalue weighted by molar-refractivity contribution is 0.414. The van der Waals surface area contributed by atoms with Crippen molar-refractivity contribution in [1.29, 1.82) is 0 Å². The van der Waals surface area contributed by atoms with Gasteiger partial charge >= 0.3 is 0 Å². The molecule has 24 heavy (non-hydrogen) atoms. The zero-order valence-corrected chi connectivity index (χ0v) is 15.5. The van der Waals surface area contributed by atoms with Gasteiger partial charge in [-0.1, -0.05) is 19.1 Å². The second-order valence-electron chi connectivity index (χ2n) is 5.83. The average Bonchev–Trinajstić information content (AvgIpc) is 2.89. The molecule has 0 amide bonds. The van der Waals surface area contributed by atoms with Gasteiger partial charge in [0.2, 0.25) is 0 Å². The third kappa shape index (κ3) is 3.36. The Bertz CT molecular complexity index is 840. The molecule has 0 aliphatic heterocycles. The fourth-order valence-electron chi connectivity index (χ4n) is 2.70. The molecule has 0 saturated heterocycles. The first-order chi connectivity index (χ1) is 11.6. The van der Waals surface area contributed by atoms with Crippen LogP contribution in [0.3, 0.4) is 0 Å². The summed E-state index contributed by atoms with van der Waals surface area (Å²) in [5, 5.41) is 4.69. The van der Waals surface area contributed by atoms with Crippen molar-refractivity contribution >= 4 is 27.4 Å². The van der Waals surface area contributed by atoms with Gasteiger partial charge in [0.25, 0.3) is 0 Å². The van der Waals surface area contributed by atoms with Crippen LogP contribution < -0.4 is 10.1 Å². The number of ether oxygens (including phenoxy) is 1. The van der Waals surface area contributed by atoms with Crippen LogP contribution in [0.2, 0.25) is 0 Å². The Morgan fingerprint density at radius 2 is 1.88 bits per heavy atom. The number of nitrogens with one attached hydrogen (secondary N) is 1. The maximum Gasteiger partial charge on any atom is 0.138 e. The summed E-state index contributed by atoms with van der Waals surface area (Å²) in [6, 6.07) is 8.21. The highest BCUT2D eigenvalue weighted by Crippen LogP contribution is 2.33. The number of nitrogens with zero attached hydrogens (tertiary/aromatic N) is 2. The largest absolute Gasteiger partial charge is 0.497 e. The molecule has 0 unspecified atom stereocenters. The van der Waals surface area contributed by atoms with Gasteiger partial charge < -0.3 is 10.1 Å². The lowest BCUT2D eigenvalue weighted by Gasteiger charge is -2.10. The Kier molecular flexibility index (Phi) is 5.00. The van der Waals surface area contributed by atoms with Crippen LogP contribution in [0.5, 0.6) is 5.75 Å². The van der Waals surface area contributed by atoms with Gasteiger partial charge in [-0.2, -0.15) is 0 Å². The lowest BCUT2D eigenvalue weighted by atomic mass is 10.1. The first-order valence-corrected chi connectivity index (χ1v) is 9.07. The van der Waals surface area contributed by atoms with Gasteiger partial charge in [-0.3, -0.25) is 0 Å². The number of aromatic nitrogens is 2. The molecule has 0 aliphatic carbocycles. The quantitative estimate of drug-likeness (QED) is 0.715. The molecule has 2 heterocycles. The zero-order valence-electron chi connectivity index (χ0n) is 14.6. The maximum absolute atomic E-state index is 5.20. The fraction of sp³-hybridized carbons (Fsp3) is 0.368. The Morgan fingerprint density at radius 3 is 2.54 bits per heavy atom. The van der Waals surface area contributed by atoms with Gasteiger partial charge in [-0.05, 0) is 43.5 Å². The molecule has 0 spiro atoms. The van der Waals surface area contributed by atoms with E-state index in [2.05, 4.69) is 43.2 Å². The third-order valence-corrected chi connectivity index (χ3v) is 5.36. The summed E-state index contributed by atoms with van der Waals surface area (Å²) < 4.78 is 5.20. The number of thiophene rings is 1. The summed E-state index contributed by atoms with van der Waals surface area (Å²) in [6.07, 6.45) is 1.79. The smallest absolute Gasteiger partial charge is 0.138 e. The molecule has 1 aromatic carbocycles. The van der Waals surface area contributed by atoms with Gasteiger partial charge in [0.05, 0.1) is 12.5 Å². The van der Waals surface area contributed by atoms with Gasteiger partial charge in [-0.15, -0.1) is 11.3 Å². The van der Waals surface area contributed by atoms with Crippen molar-refractivity contribution in [2.24, 2.45) is 0 Å². The van der Waals surface area contributed by atoms with Crippen LogP contribution in [0.1, 0.15) is 28.8 Å². The molecule has 0 bridgehead atoms. The van der Waals surface area contributed by atoms with Crippen molar-refractivity contribution < 1.29 is 4.74 Å². The van der Waals surface area contributed by atoms with Gasteiger partial charge in [0.15, 0.2) is 0 Å². The van der Waals surface area contributed by atoms with E-state index in [1.807, 2.05) is 12.1 Å². The maximum atomic E-state index is 5.20. The van der Waals surface area contributed by atoms with Crippen molar-refractivity contribution in [2.75, 3.05) is 19.0 Å². The Balaban J connectivity index is 1.78. The van der Waals surface area contributed by atoms with E-state index < -0.39 is 0 Å². The normalized spacial score (nSPS) is 11.0. The van der Waals surface area contributed by atoms with Crippen LogP contribution >= 0.6 is 11.3 Å². The van der Waals surface area contributed by atoms with E-state index in [1.54, 1.807) is 18.4 Å². The minimum Gasteiger partial charge on any atom is -0.497 e. The molecule has 5 heteroatoms. The highest BCUT2D eigenvalue weighted by atomic mass is 32.1. The molecular weight excluding hydrogens is 318 g/mol. The molecule has 126 valence electrons. The summed E-state index contributed by atoms with van der Waals surface area (Å²) in [7, 11) is 1.69. The van der Waals surface area contributed by atoms with Crippen LogP contribution in [-0.2, 0) is 12.8 Å². The van der Waals surface area contributed by atoms with E-state index in [-0.39, 0.29) is 0 Å². The highest BCUT2D eigenvalue weighted by Gasteiger charge is 2.13. The summed E-state index contributed by atoms with van der Waals surface area (Å²) >= 11 is 1.75. The average molecular weight is 341 g/mol. The lowest BCUT2D eigenvalue weighted by Crippen LogP contribution is -2.08. The number of methoxy groups -OCH3 is 1. The standard InChI is InChI=1S/C19H23N3OS/c1-5-16-21-18(17-12(2)13(3)24-19(17)22-16)20-11-10-14-6-8-15(23-4)9-7-14/h6-9H,5,10-11H2,1-4H3,(H,20,21,22). The van der Waals surface area contributed by atoms with Crippen LogP contribution in [0.15, 0.2) is 24.3 Å². The second-order valence-corrected chi connectivity index (χ2v) is 7.03. The van der Waals surface area contributed by atoms with Crippen LogP contribution in [0.4, 0.5) is 5.82 Å². The summed E-state index contributed by atoms with van der Waals surface area (Å²) in [6.45, 7) is 7.23. The number of aryl methyl sites for hydroxylation is 3. The minimum atomic E-state index is 0.843. The summed E-state index contributed by atoms with van der Waals surface area (Å²) in [4.78, 5) is 11.8. The minimum absolute atomic E-state index is 0.843. The number of fused-ring (bicyclic) bond motifs is 1. The predicted molar refractivity (Wildman–Crippen MR) is 101 cm³/mol. The summed E-state index contributed by atoms with van der Waals surface area (Å²) in [5.41, 5.74) is 2.56.